The number of hydrogen-bond acceptors (Lipinski definition) is 2. The molecular formula is C15H18ClNS. The number of thioether (sulfide) groups is 1. The molecule has 0 radical (unpaired) electrons. The molecule has 3 heteroatoms. The maximum absolute atomic E-state index is 6.12. The minimum absolute atomic E-state index is 0.654. The highest BCUT2D eigenvalue weighted by Crippen LogP contribution is 2.31. The molecule has 0 bridgehead atoms. The number of rotatable bonds is 6. The van der Waals surface area contributed by atoms with Gasteiger partial charge in [0.1, 0.15) is 0 Å². The molecule has 0 atom stereocenters. The molecule has 1 aromatic carbocycles. The van der Waals surface area contributed by atoms with Crippen LogP contribution in [0.2, 0.25) is 0 Å². The van der Waals surface area contributed by atoms with Gasteiger partial charge in [-0.05, 0) is 23.5 Å². The summed E-state index contributed by atoms with van der Waals surface area (Å²) in [6.45, 7) is 7.50. The van der Waals surface area contributed by atoms with E-state index >= 15 is 0 Å². The highest BCUT2D eigenvalue weighted by atomic mass is 35.5. The van der Waals surface area contributed by atoms with Crippen LogP contribution in [0.15, 0.2) is 59.0 Å². The fraction of sp³-hybridized carbons (Fsp3) is 0.200. The summed E-state index contributed by atoms with van der Waals surface area (Å²) in [5.41, 5.74) is 3.35. The first-order valence-corrected chi connectivity index (χ1v) is 7.25. The minimum atomic E-state index is 0.654. The fourth-order valence-corrected chi connectivity index (χ4v) is 2.56. The number of halogens is 1. The molecule has 0 spiro atoms. The van der Waals surface area contributed by atoms with Gasteiger partial charge in [0.2, 0.25) is 0 Å². The number of benzene rings is 1. The molecule has 1 rings (SSSR count). The molecule has 0 aliphatic heterocycles. The number of hydrogen-bond donors (Lipinski definition) is 1. The van der Waals surface area contributed by atoms with Gasteiger partial charge in [0, 0.05) is 23.4 Å². The molecule has 0 unspecified atom stereocenters. The molecule has 0 amide bonds. The third-order valence-electron chi connectivity index (χ3n) is 2.70. The molecule has 1 N–H and O–H groups in total. The maximum atomic E-state index is 6.12. The second-order valence-corrected chi connectivity index (χ2v) is 4.96. The molecule has 0 aliphatic rings. The number of para-hydroxylation sites is 1. The lowest BCUT2D eigenvalue weighted by Gasteiger charge is -2.14. The Morgan fingerprint density at radius 2 is 2.11 bits per heavy atom. The summed E-state index contributed by atoms with van der Waals surface area (Å²) in [5, 5.41) is 3.91. The Morgan fingerprint density at radius 3 is 2.61 bits per heavy atom. The van der Waals surface area contributed by atoms with Crippen molar-refractivity contribution in [3.8, 4) is 0 Å². The van der Waals surface area contributed by atoms with Crippen LogP contribution >= 0.6 is 23.4 Å². The molecule has 0 heterocycles. The molecule has 0 fully saturated rings. The van der Waals surface area contributed by atoms with Gasteiger partial charge in [0.25, 0.3) is 0 Å². The van der Waals surface area contributed by atoms with Gasteiger partial charge in [-0.2, -0.15) is 0 Å². The molecule has 0 aromatic heterocycles. The van der Waals surface area contributed by atoms with Gasteiger partial charge in [-0.1, -0.05) is 49.0 Å². The Kier molecular flexibility index (Phi) is 6.10. The standard InChI is InChI=1S/C15H18ClNS/c1-5-11(13(16)6-2)10-12-8-7-9-14(18-4)15(12)17-3/h5-9,17H,1-2,10H2,3-4H3/b13-11-. The Balaban J connectivity index is 3.18. The van der Waals surface area contributed by atoms with Crippen LogP contribution in [0.25, 0.3) is 0 Å². The van der Waals surface area contributed by atoms with Crippen molar-refractivity contribution in [1.82, 2.24) is 0 Å². The summed E-state index contributed by atoms with van der Waals surface area (Å²) >= 11 is 7.84. The zero-order valence-electron chi connectivity index (χ0n) is 10.8. The quantitative estimate of drug-likeness (QED) is 0.590. The first-order valence-electron chi connectivity index (χ1n) is 5.65. The Hall–Kier alpha value is -1.12. The molecule has 1 nitrogen and oxygen atoms in total. The molecule has 96 valence electrons. The lowest BCUT2D eigenvalue weighted by molar-refractivity contribution is 1.16. The summed E-state index contributed by atoms with van der Waals surface area (Å²) in [4.78, 5) is 1.23. The van der Waals surface area contributed by atoms with Gasteiger partial charge in [-0.3, -0.25) is 0 Å². The van der Waals surface area contributed by atoms with E-state index in [4.69, 9.17) is 11.6 Å². The Morgan fingerprint density at radius 1 is 1.39 bits per heavy atom. The Bertz CT molecular complexity index is 477. The van der Waals surface area contributed by atoms with Crippen LogP contribution in [0.1, 0.15) is 5.56 Å². The topological polar surface area (TPSA) is 12.0 Å². The normalized spacial score (nSPS) is 11.7. The summed E-state index contributed by atoms with van der Waals surface area (Å²) < 4.78 is 0. The number of nitrogens with one attached hydrogen (secondary N) is 1. The van der Waals surface area contributed by atoms with Crippen LogP contribution in [0, 0.1) is 0 Å². The van der Waals surface area contributed by atoms with E-state index in [1.165, 1.54) is 10.5 Å². The average molecular weight is 280 g/mol. The van der Waals surface area contributed by atoms with E-state index in [1.807, 2.05) is 7.05 Å². The van der Waals surface area contributed by atoms with Gasteiger partial charge in [-0.15, -0.1) is 11.8 Å². The third kappa shape index (κ3) is 3.44. The molecule has 18 heavy (non-hydrogen) atoms. The predicted molar refractivity (Wildman–Crippen MR) is 84.7 cm³/mol. The van der Waals surface area contributed by atoms with Crippen LogP contribution in [-0.2, 0) is 6.42 Å². The molecule has 0 aliphatic carbocycles. The van der Waals surface area contributed by atoms with Crippen LogP contribution in [0.4, 0.5) is 5.69 Å². The molecule has 0 saturated heterocycles. The van der Waals surface area contributed by atoms with Gasteiger partial charge < -0.3 is 5.32 Å². The van der Waals surface area contributed by atoms with Crippen LogP contribution in [-0.4, -0.2) is 13.3 Å². The lowest BCUT2D eigenvalue weighted by Crippen LogP contribution is -1.99. The highest BCUT2D eigenvalue weighted by molar-refractivity contribution is 7.98. The van der Waals surface area contributed by atoms with Gasteiger partial charge in [0.15, 0.2) is 0 Å². The first kappa shape index (κ1) is 14.9. The molecule has 0 saturated carbocycles. The van der Waals surface area contributed by atoms with E-state index in [0.717, 1.165) is 17.7 Å². The van der Waals surface area contributed by atoms with Crippen LogP contribution < -0.4 is 5.32 Å². The summed E-state index contributed by atoms with van der Waals surface area (Å²) in [6, 6.07) is 6.26. The van der Waals surface area contributed by atoms with Crippen molar-refractivity contribution < 1.29 is 0 Å². The monoisotopic (exact) mass is 279 g/mol. The van der Waals surface area contributed by atoms with Crippen molar-refractivity contribution in [2.45, 2.75) is 11.3 Å². The smallest absolute Gasteiger partial charge is 0.0511 e. The maximum Gasteiger partial charge on any atom is 0.0511 e. The van der Waals surface area contributed by atoms with Crippen molar-refractivity contribution >= 4 is 29.1 Å². The predicted octanol–water partition coefficient (Wildman–Crippen LogP) is 4.86. The van der Waals surface area contributed by atoms with E-state index in [2.05, 4.69) is 42.9 Å². The largest absolute Gasteiger partial charge is 0.387 e. The zero-order chi connectivity index (χ0) is 13.5. The van der Waals surface area contributed by atoms with E-state index < -0.39 is 0 Å². The SMILES string of the molecule is C=C/C(Cl)=C(\C=C)Cc1cccc(SC)c1NC. The minimum Gasteiger partial charge on any atom is -0.387 e. The number of allylic oxidation sites excluding steroid dienone is 4. The van der Waals surface area contributed by atoms with Crippen LogP contribution in [0.5, 0.6) is 0 Å². The average Bonchev–Trinajstić information content (AvgIpc) is 2.43. The molecule has 1 aromatic rings. The summed E-state index contributed by atoms with van der Waals surface area (Å²) in [5.74, 6) is 0. The molecular weight excluding hydrogens is 262 g/mol. The summed E-state index contributed by atoms with van der Waals surface area (Å²) in [6.07, 6.45) is 6.26. The lowest BCUT2D eigenvalue weighted by atomic mass is 10.0. The van der Waals surface area contributed by atoms with Gasteiger partial charge in [-0.25, -0.2) is 0 Å². The number of anilines is 1. The Labute approximate surface area is 119 Å². The van der Waals surface area contributed by atoms with Crippen molar-refractivity contribution in [3.63, 3.8) is 0 Å². The van der Waals surface area contributed by atoms with Crippen molar-refractivity contribution in [2.75, 3.05) is 18.6 Å². The van der Waals surface area contributed by atoms with Crippen molar-refractivity contribution in [3.05, 3.63) is 59.7 Å². The van der Waals surface area contributed by atoms with E-state index in [9.17, 15) is 0 Å². The van der Waals surface area contributed by atoms with E-state index in [-0.39, 0.29) is 0 Å². The second kappa shape index (κ2) is 7.34. The highest BCUT2D eigenvalue weighted by Gasteiger charge is 2.08. The first-order chi connectivity index (χ1) is 8.67. The third-order valence-corrected chi connectivity index (χ3v) is 3.87. The summed E-state index contributed by atoms with van der Waals surface area (Å²) in [7, 11) is 1.94. The van der Waals surface area contributed by atoms with Crippen LogP contribution in [0.3, 0.4) is 0 Å². The fourth-order valence-electron chi connectivity index (χ4n) is 1.77. The van der Waals surface area contributed by atoms with Crippen molar-refractivity contribution in [2.24, 2.45) is 0 Å². The second-order valence-electron chi connectivity index (χ2n) is 3.70. The van der Waals surface area contributed by atoms with E-state index in [0.29, 0.717) is 5.03 Å². The zero-order valence-corrected chi connectivity index (χ0v) is 12.4. The van der Waals surface area contributed by atoms with Gasteiger partial charge in [0.05, 0.1) is 5.69 Å². The van der Waals surface area contributed by atoms with E-state index in [1.54, 1.807) is 23.9 Å². The van der Waals surface area contributed by atoms with Crippen molar-refractivity contribution in [1.29, 1.82) is 0 Å². The van der Waals surface area contributed by atoms with Gasteiger partial charge >= 0.3 is 0 Å².